The van der Waals surface area contributed by atoms with Crippen LogP contribution in [0, 0.1) is 6.92 Å². The van der Waals surface area contributed by atoms with Crippen LogP contribution in [0.3, 0.4) is 0 Å². The van der Waals surface area contributed by atoms with E-state index in [4.69, 9.17) is 23.2 Å². The van der Waals surface area contributed by atoms with E-state index in [9.17, 15) is 4.79 Å². The monoisotopic (exact) mass is 335 g/mol. The standard InChI is InChI=1S/C16H15Cl2N3O/c1-11-5-2-3-8-15(11)19-10-16(22)21-20-9-12-13(17)6-4-7-14(12)18/h2-9,19H,10H2,1H3,(H,21,22)/b20-9-. The minimum Gasteiger partial charge on any atom is -0.376 e. The lowest BCUT2D eigenvalue weighted by Gasteiger charge is -2.08. The molecule has 2 rings (SSSR count). The number of rotatable bonds is 5. The minimum atomic E-state index is -0.261. The van der Waals surface area contributed by atoms with Crippen molar-refractivity contribution in [2.45, 2.75) is 6.92 Å². The number of hydrazone groups is 1. The summed E-state index contributed by atoms with van der Waals surface area (Å²) in [6.07, 6.45) is 1.43. The molecule has 2 N–H and O–H groups in total. The molecule has 0 heterocycles. The minimum absolute atomic E-state index is 0.123. The summed E-state index contributed by atoms with van der Waals surface area (Å²) in [6, 6.07) is 12.9. The van der Waals surface area contributed by atoms with Crippen molar-refractivity contribution in [1.29, 1.82) is 0 Å². The molecule has 0 spiro atoms. The Morgan fingerprint density at radius 1 is 1.14 bits per heavy atom. The second-order valence-electron chi connectivity index (χ2n) is 4.60. The average molecular weight is 336 g/mol. The first kappa shape index (κ1) is 16.3. The van der Waals surface area contributed by atoms with Gasteiger partial charge >= 0.3 is 0 Å². The predicted octanol–water partition coefficient (Wildman–Crippen LogP) is 3.86. The third kappa shape index (κ3) is 4.48. The lowest BCUT2D eigenvalue weighted by Crippen LogP contribution is -2.26. The molecule has 0 bridgehead atoms. The van der Waals surface area contributed by atoms with E-state index in [1.54, 1.807) is 18.2 Å². The lowest BCUT2D eigenvalue weighted by atomic mass is 10.2. The van der Waals surface area contributed by atoms with Crippen LogP contribution >= 0.6 is 23.2 Å². The highest BCUT2D eigenvalue weighted by Gasteiger charge is 2.03. The summed E-state index contributed by atoms with van der Waals surface area (Å²) < 4.78 is 0. The summed E-state index contributed by atoms with van der Waals surface area (Å²) in [5.74, 6) is -0.261. The van der Waals surface area contributed by atoms with Crippen LogP contribution in [0.2, 0.25) is 10.0 Å². The average Bonchev–Trinajstić information content (AvgIpc) is 2.49. The molecule has 6 heteroatoms. The van der Waals surface area contributed by atoms with E-state index in [1.807, 2.05) is 31.2 Å². The van der Waals surface area contributed by atoms with Gasteiger partial charge in [0.25, 0.3) is 5.91 Å². The van der Waals surface area contributed by atoms with Crippen LogP contribution in [0.15, 0.2) is 47.6 Å². The highest BCUT2D eigenvalue weighted by atomic mass is 35.5. The number of hydrogen-bond donors (Lipinski definition) is 2. The van der Waals surface area contributed by atoms with Crippen molar-refractivity contribution >= 4 is 41.0 Å². The Morgan fingerprint density at radius 2 is 1.82 bits per heavy atom. The van der Waals surface area contributed by atoms with Gasteiger partial charge in [-0.3, -0.25) is 4.79 Å². The van der Waals surface area contributed by atoms with E-state index in [0.29, 0.717) is 15.6 Å². The van der Waals surface area contributed by atoms with Crippen LogP contribution in [0.1, 0.15) is 11.1 Å². The van der Waals surface area contributed by atoms with Gasteiger partial charge in [-0.05, 0) is 30.7 Å². The van der Waals surface area contributed by atoms with E-state index in [1.165, 1.54) is 6.21 Å². The number of para-hydroxylation sites is 1. The van der Waals surface area contributed by atoms with Crippen LogP contribution < -0.4 is 10.7 Å². The van der Waals surface area contributed by atoms with Crippen LogP contribution in [0.4, 0.5) is 5.69 Å². The van der Waals surface area contributed by atoms with E-state index in [0.717, 1.165) is 11.3 Å². The summed E-state index contributed by atoms with van der Waals surface area (Å²) in [5, 5.41) is 7.86. The van der Waals surface area contributed by atoms with Crippen molar-refractivity contribution in [1.82, 2.24) is 5.43 Å². The van der Waals surface area contributed by atoms with Gasteiger partial charge in [0, 0.05) is 11.3 Å². The normalized spacial score (nSPS) is 10.7. The van der Waals surface area contributed by atoms with Crippen LogP contribution in [-0.2, 0) is 4.79 Å². The van der Waals surface area contributed by atoms with Gasteiger partial charge < -0.3 is 5.32 Å². The van der Waals surface area contributed by atoms with Crippen LogP contribution in [0.25, 0.3) is 0 Å². The Labute approximate surface area is 139 Å². The maximum atomic E-state index is 11.7. The molecule has 0 saturated heterocycles. The molecule has 0 aromatic heterocycles. The number of benzene rings is 2. The van der Waals surface area contributed by atoms with Gasteiger partial charge in [-0.25, -0.2) is 5.43 Å². The fourth-order valence-corrected chi connectivity index (χ4v) is 2.28. The largest absolute Gasteiger partial charge is 0.376 e. The first-order valence-electron chi connectivity index (χ1n) is 6.63. The van der Waals surface area contributed by atoms with Gasteiger partial charge in [0.05, 0.1) is 22.8 Å². The summed E-state index contributed by atoms with van der Waals surface area (Å²) in [7, 11) is 0. The Balaban J connectivity index is 1.88. The molecular formula is C16H15Cl2N3O. The molecule has 0 saturated carbocycles. The van der Waals surface area contributed by atoms with E-state index in [2.05, 4.69) is 15.8 Å². The van der Waals surface area contributed by atoms with Gasteiger partial charge in [-0.15, -0.1) is 0 Å². The molecule has 4 nitrogen and oxygen atoms in total. The second-order valence-corrected chi connectivity index (χ2v) is 5.41. The Morgan fingerprint density at radius 3 is 2.50 bits per heavy atom. The molecule has 0 aliphatic heterocycles. The molecule has 0 atom stereocenters. The summed E-state index contributed by atoms with van der Waals surface area (Å²) >= 11 is 12.0. The molecule has 0 radical (unpaired) electrons. The molecule has 0 unspecified atom stereocenters. The van der Waals surface area contributed by atoms with Crippen molar-refractivity contribution in [2.75, 3.05) is 11.9 Å². The smallest absolute Gasteiger partial charge is 0.259 e. The highest BCUT2D eigenvalue weighted by molar-refractivity contribution is 6.38. The molecule has 0 aliphatic rings. The zero-order chi connectivity index (χ0) is 15.9. The lowest BCUT2D eigenvalue weighted by molar-refractivity contribution is -0.119. The first-order valence-corrected chi connectivity index (χ1v) is 7.39. The van der Waals surface area contributed by atoms with Crippen LogP contribution in [-0.4, -0.2) is 18.7 Å². The molecule has 2 aromatic carbocycles. The quantitative estimate of drug-likeness (QED) is 0.643. The van der Waals surface area contributed by atoms with E-state index >= 15 is 0 Å². The fraction of sp³-hybridized carbons (Fsp3) is 0.125. The van der Waals surface area contributed by atoms with E-state index < -0.39 is 0 Å². The van der Waals surface area contributed by atoms with Crippen molar-refractivity contribution < 1.29 is 4.79 Å². The Bertz CT molecular complexity index is 681. The summed E-state index contributed by atoms with van der Waals surface area (Å²) in [4.78, 5) is 11.7. The van der Waals surface area contributed by atoms with E-state index in [-0.39, 0.29) is 12.5 Å². The topological polar surface area (TPSA) is 53.5 Å². The number of hydrogen-bond acceptors (Lipinski definition) is 3. The fourth-order valence-electron chi connectivity index (χ4n) is 1.79. The highest BCUT2D eigenvalue weighted by Crippen LogP contribution is 2.21. The third-order valence-corrected chi connectivity index (χ3v) is 3.63. The number of nitrogens with one attached hydrogen (secondary N) is 2. The number of nitrogens with zero attached hydrogens (tertiary/aromatic N) is 1. The van der Waals surface area contributed by atoms with Gasteiger partial charge in [-0.2, -0.15) is 5.10 Å². The second kappa shape index (κ2) is 7.82. The number of halogens is 2. The number of amides is 1. The zero-order valence-electron chi connectivity index (χ0n) is 11.9. The zero-order valence-corrected chi connectivity index (χ0v) is 13.4. The predicted molar refractivity (Wildman–Crippen MR) is 91.9 cm³/mol. The molecule has 22 heavy (non-hydrogen) atoms. The number of carbonyl (C=O) groups excluding carboxylic acids is 1. The Hall–Kier alpha value is -2.04. The van der Waals surface area contributed by atoms with Crippen molar-refractivity contribution in [3.05, 3.63) is 63.6 Å². The van der Waals surface area contributed by atoms with Gasteiger partial charge in [0.15, 0.2) is 0 Å². The van der Waals surface area contributed by atoms with Gasteiger partial charge in [0.1, 0.15) is 0 Å². The van der Waals surface area contributed by atoms with Gasteiger partial charge in [-0.1, -0.05) is 47.5 Å². The molecule has 0 fully saturated rings. The van der Waals surface area contributed by atoms with Gasteiger partial charge in [0.2, 0.25) is 0 Å². The number of aryl methyl sites for hydroxylation is 1. The summed E-state index contributed by atoms with van der Waals surface area (Å²) in [5.41, 5.74) is 4.98. The van der Waals surface area contributed by atoms with Crippen molar-refractivity contribution in [2.24, 2.45) is 5.10 Å². The molecule has 0 aliphatic carbocycles. The number of carbonyl (C=O) groups is 1. The third-order valence-electron chi connectivity index (χ3n) is 2.97. The maximum Gasteiger partial charge on any atom is 0.259 e. The molecular weight excluding hydrogens is 321 g/mol. The van der Waals surface area contributed by atoms with Crippen molar-refractivity contribution in [3.63, 3.8) is 0 Å². The Kier molecular flexibility index (Phi) is 5.81. The first-order chi connectivity index (χ1) is 10.6. The number of anilines is 1. The summed E-state index contributed by atoms with van der Waals surface area (Å²) in [6.45, 7) is 2.09. The maximum absolute atomic E-state index is 11.7. The van der Waals surface area contributed by atoms with Crippen molar-refractivity contribution in [3.8, 4) is 0 Å². The molecule has 114 valence electrons. The SMILES string of the molecule is Cc1ccccc1NCC(=O)N/N=C\c1c(Cl)cccc1Cl. The molecule has 2 aromatic rings. The molecule has 1 amide bonds. The van der Waals surface area contributed by atoms with Crippen LogP contribution in [0.5, 0.6) is 0 Å².